The highest BCUT2D eigenvalue weighted by molar-refractivity contribution is 6.31. The van der Waals surface area contributed by atoms with Crippen molar-refractivity contribution in [1.29, 1.82) is 5.26 Å². The summed E-state index contributed by atoms with van der Waals surface area (Å²) in [4.78, 5) is 13.2. The SMILES string of the molecule is CN(CCc1ccccc1Cl)C(=O)CCC#N. The van der Waals surface area contributed by atoms with E-state index in [2.05, 4.69) is 0 Å². The number of halogens is 1. The number of carbonyl (C=O) groups is 1. The molecule has 0 radical (unpaired) electrons. The van der Waals surface area contributed by atoms with Gasteiger partial charge in [0.1, 0.15) is 0 Å². The summed E-state index contributed by atoms with van der Waals surface area (Å²) in [5, 5.41) is 9.13. The first-order valence-electron chi connectivity index (χ1n) is 5.49. The first-order chi connectivity index (χ1) is 8.15. The molecular formula is C13H15ClN2O. The molecule has 1 amide bonds. The maximum absolute atomic E-state index is 11.5. The second-order valence-corrected chi connectivity index (χ2v) is 4.22. The fourth-order valence-corrected chi connectivity index (χ4v) is 1.70. The van der Waals surface area contributed by atoms with E-state index in [-0.39, 0.29) is 18.7 Å². The molecule has 0 aliphatic heterocycles. The van der Waals surface area contributed by atoms with Crippen molar-refractivity contribution >= 4 is 17.5 Å². The molecule has 0 N–H and O–H groups in total. The molecule has 0 atom stereocenters. The molecule has 3 nitrogen and oxygen atoms in total. The van der Waals surface area contributed by atoms with Gasteiger partial charge in [-0.15, -0.1) is 0 Å². The van der Waals surface area contributed by atoms with Crippen LogP contribution in [0.4, 0.5) is 0 Å². The topological polar surface area (TPSA) is 44.1 Å². The van der Waals surface area contributed by atoms with Gasteiger partial charge in [-0.1, -0.05) is 29.8 Å². The van der Waals surface area contributed by atoms with Gasteiger partial charge in [-0.25, -0.2) is 0 Å². The molecule has 0 spiro atoms. The van der Waals surface area contributed by atoms with Crippen molar-refractivity contribution in [3.8, 4) is 6.07 Å². The number of benzene rings is 1. The summed E-state index contributed by atoms with van der Waals surface area (Å²) in [6.45, 7) is 0.619. The van der Waals surface area contributed by atoms with Crippen molar-refractivity contribution in [2.24, 2.45) is 0 Å². The number of carbonyl (C=O) groups excluding carboxylic acids is 1. The molecule has 0 heterocycles. The second-order valence-electron chi connectivity index (χ2n) is 3.81. The summed E-state index contributed by atoms with van der Waals surface area (Å²) < 4.78 is 0. The quantitative estimate of drug-likeness (QED) is 0.806. The molecule has 0 saturated heterocycles. The van der Waals surface area contributed by atoms with E-state index in [0.29, 0.717) is 6.54 Å². The Balaban J connectivity index is 2.43. The van der Waals surface area contributed by atoms with Crippen LogP contribution >= 0.6 is 11.6 Å². The summed E-state index contributed by atoms with van der Waals surface area (Å²) >= 11 is 6.02. The van der Waals surface area contributed by atoms with Gasteiger partial charge in [0.2, 0.25) is 5.91 Å². The van der Waals surface area contributed by atoms with Crippen molar-refractivity contribution in [3.63, 3.8) is 0 Å². The molecule has 0 bridgehead atoms. The largest absolute Gasteiger partial charge is 0.345 e. The molecule has 1 rings (SSSR count). The van der Waals surface area contributed by atoms with Crippen molar-refractivity contribution in [2.75, 3.05) is 13.6 Å². The summed E-state index contributed by atoms with van der Waals surface area (Å²) in [5.74, 6) is -0.00129. The molecule has 0 aromatic heterocycles. The van der Waals surface area contributed by atoms with Crippen LogP contribution in [0.15, 0.2) is 24.3 Å². The lowest BCUT2D eigenvalue weighted by molar-refractivity contribution is -0.129. The Hall–Kier alpha value is -1.53. The molecule has 0 aliphatic carbocycles. The lowest BCUT2D eigenvalue weighted by Gasteiger charge is -2.16. The van der Waals surface area contributed by atoms with Gasteiger partial charge in [0.25, 0.3) is 0 Å². The fourth-order valence-electron chi connectivity index (χ4n) is 1.47. The fraction of sp³-hybridized carbons (Fsp3) is 0.385. The Morgan fingerprint density at radius 3 is 2.82 bits per heavy atom. The van der Waals surface area contributed by atoms with Gasteiger partial charge in [-0.2, -0.15) is 5.26 Å². The van der Waals surface area contributed by atoms with Gasteiger partial charge in [0.15, 0.2) is 0 Å². The number of hydrogen-bond acceptors (Lipinski definition) is 2. The third kappa shape index (κ3) is 4.46. The minimum absolute atomic E-state index is 0.00129. The van der Waals surface area contributed by atoms with Crippen LogP contribution < -0.4 is 0 Å². The lowest BCUT2D eigenvalue weighted by atomic mass is 10.1. The molecule has 90 valence electrons. The smallest absolute Gasteiger partial charge is 0.223 e. The first kappa shape index (κ1) is 13.5. The van der Waals surface area contributed by atoms with E-state index >= 15 is 0 Å². The third-order valence-corrected chi connectivity index (χ3v) is 2.92. The van der Waals surface area contributed by atoms with Gasteiger partial charge < -0.3 is 4.90 Å². The van der Waals surface area contributed by atoms with E-state index in [1.54, 1.807) is 11.9 Å². The van der Waals surface area contributed by atoms with Crippen molar-refractivity contribution < 1.29 is 4.79 Å². The number of amides is 1. The monoisotopic (exact) mass is 250 g/mol. The molecule has 0 fully saturated rings. The highest BCUT2D eigenvalue weighted by atomic mass is 35.5. The van der Waals surface area contributed by atoms with Crippen LogP contribution in [0.3, 0.4) is 0 Å². The number of likely N-dealkylation sites (N-methyl/N-ethyl adjacent to an activating group) is 1. The Labute approximate surface area is 107 Å². The Bertz CT molecular complexity index is 426. The van der Waals surface area contributed by atoms with E-state index in [1.807, 2.05) is 30.3 Å². The van der Waals surface area contributed by atoms with Crippen LogP contribution in [0.5, 0.6) is 0 Å². The maximum atomic E-state index is 11.5. The minimum atomic E-state index is -0.00129. The maximum Gasteiger partial charge on any atom is 0.223 e. The third-order valence-electron chi connectivity index (χ3n) is 2.55. The van der Waals surface area contributed by atoms with Gasteiger partial charge in [-0.05, 0) is 18.1 Å². The predicted molar refractivity (Wildman–Crippen MR) is 67.6 cm³/mol. The molecule has 0 unspecified atom stereocenters. The van der Waals surface area contributed by atoms with Crippen LogP contribution in [0.1, 0.15) is 18.4 Å². The predicted octanol–water partition coefficient (Wildman–Crippen LogP) is 2.64. The highest BCUT2D eigenvalue weighted by Crippen LogP contribution is 2.15. The summed E-state index contributed by atoms with van der Waals surface area (Å²) in [6.07, 6.45) is 1.29. The van der Waals surface area contributed by atoms with Gasteiger partial charge in [-0.3, -0.25) is 4.79 Å². The molecular weight excluding hydrogens is 236 g/mol. The van der Waals surface area contributed by atoms with Crippen molar-refractivity contribution in [1.82, 2.24) is 4.90 Å². The minimum Gasteiger partial charge on any atom is -0.345 e. The number of nitrogens with zero attached hydrogens (tertiary/aromatic N) is 2. The summed E-state index contributed by atoms with van der Waals surface area (Å²) in [6, 6.07) is 9.58. The van der Waals surface area contributed by atoms with E-state index in [9.17, 15) is 4.79 Å². The Morgan fingerprint density at radius 2 is 2.18 bits per heavy atom. The number of nitriles is 1. The van der Waals surface area contributed by atoms with Crippen LogP contribution in [-0.4, -0.2) is 24.4 Å². The molecule has 17 heavy (non-hydrogen) atoms. The molecule has 0 saturated carbocycles. The number of rotatable bonds is 5. The van der Waals surface area contributed by atoms with Crippen molar-refractivity contribution in [2.45, 2.75) is 19.3 Å². The Kier molecular flexibility index (Phi) is 5.51. The van der Waals surface area contributed by atoms with E-state index in [0.717, 1.165) is 17.0 Å². The van der Waals surface area contributed by atoms with E-state index < -0.39 is 0 Å². The van der Waals surface area contributed by atoms with Gasteiger partial charge in [0.05, 0.1) is 6.07 Å². The molecule has 1 aromatic rings. The zero-order valence-corrected chi connectivity index (χ0v) is 10.6. The standard InChI is InChI=1S/C13H15ClN2O/c1-16(13(17)7-4-9-15)10-8-11-5-2-3-6-12(11)14/h2-3,5-6H,4,7-8,10H2,1H3. The van der Waals surface area contributed by atoms with E-state index in [1.165, 1.54) is 0 Å². The zero-order valence-electron chi connectivity index (χ0n) is 9.82. The normalized spacial score (nSPS) is 9.71. The van der Waals surface area contributed by atoms with E-state index in [4.69, 9.17) is 16.9 Å². The van der Waals surface area contributed by atoms with Crippen LogP contribution in [0.25, 0.3) is 0 Å². The summed E-state index contributed by atoms with van der Waals surface area (Å²) in [7, 11) is 1.75. The van der Waals surface area contributed by atoms with Gasteiger partial charge in [0, 0.05) is 31.5 Å². The van der Waals surface area contributed by atoms with Crippen LogP contribution in [0, 0.1) is 11.3 Å². The Morgan fingerprint density at radius 1 is 1.47 bits per heavy atom. The van der Waals surface area contributed by atoms with Crippen LogP contribution in [-0.2, 0) is 11.2 Å². The zero-order chi connectivity index (χ0) is 12.7. The summed E-state index contributed by atoms with van der Waals surface area (Å²) in [5.41, 5.74) is 1.04. The van der Waals surface area contributed by atoms with Gasteiger partial charge >= 0.3 is 0 Å². The second kappa shape index (κ2) is 6.93. The molecule has 0 aliphatic rings. The average Bonchev–Trinajstić information content (AvgIpc) is 2.34. The number of hydrogen-bond donors (Lipinski definition) is 0. The average molecular weight is 251 g/mol. The molecule has 1 aromatic carbocycles. The van der Waals surface area contributed by atoms with Crippen LogP contribution in [0.2, 0.25) is 5.02 Å². The highest BCUT2D eigenvalue weighted by Gasteiger charge is 2.08. The van der Waals surface area contributed by atoms with Crippen molar-refractivity contribution in [3.05, 3.63) is 34.9 Å². The first-order valence-corrected chi connectivity index (χ1v) is 5.87. The lowest BCUT2D eigenvalue weighted by Crippen LogP contribution is -2.28. The molecule has 4 heteroatoms.